The van der Waals surface area contributed by atoms with Gasteiger partial charge in [-0.05, 0) is 31.4 Å². The molecule has 9 heteroatoms. The molecule has 170 valence electrons. The molecule has 1 N–H and O–H groups in total. The van der Waals surface area contributed by atoms with Gasteiger partial charge in [-0.3, -0.25) is 4.68 Å². The first kappa shape index (κ1) is 20.5. The zero-order valence-electron chi connectivity index (χ0n) is 19.2. The van der Waals surface area contributed by atoms with E-state index in [2.05, 4.69) is 70.8 Å². The molecule has 0 bridgehead atoms. The molecule has 4 heterocycles. The zero-order chi connectivity index (χ0) is 23.1. The van der Waals surface area contributed by atoms with E-state index in [9.17, 15) is 0 Å². The van der Waals surface area contributed by atoms with Gasteiger partial charge in [-0.25, -0.2) is 24.9 Å². The highest BCUT2D eigenvalue weighted by Gasteiger charge is 2.27. The van der Waals surface area contributed by atoms with Gasteiger partial charge >= 0.3 is 0 Å². The first-order valence-corrected chi connectivity index (χ1v) is 11.5. The molecule has 1 aliphatic rings. The summed E-state index contributed by atoms with van der Waals surface area (Å²) in [4.78, 5) is 22.7. The van der Waals surface area contributed by atoms with E-state index >= 15 is 0 Å². The van der Waals surface area contributed by atoms with Crippen LogP contribution in [0.4, 0.5) is 5.82 Å². The van der Waals surface area contributed by atoms with Gasteiger partial charge < -0.3 is 9.88 Å². The Morgan fingerprint density at radius 1 is 1.00 bits per heavy atom. The van der Waals surface area contributed by atoms with Gasteiger partial charge in [-0.2, -0.15) is 5.10 Å². The van der Waals surface area contributed by atoms with Crippen molar-refractivity contribution in [2.24, 2.45) is 0 Å². The van der Waals surface area contributed by atoms with E-state index in [1.807, 2.05) is 31.6 Å². The standard InChI is InChI=1S/C25H25N9/c1-3-33-24(19-11-26-16(2)27-12-19)32-22-23(28-15-29-25(22)33)31-20-9-18-13-30-34(21(18)10-20)14-17-7-5-4-6-8-17/h4-8,11-13,15,20H,3,9-10,14H2,1-2H3,(H,28,29,31). The number of aryl methyl sites for hydroxylation is 2. The summed E-state index contributed by atoms with van der Waals surface area (Å²) in [5, 5.41) is 8.26. The molecule has 0 amide bonds. The monoisotopic (exact) mass is 451 g/mol. The molecule has 0 saturated heterocycles. The van der Waals surface area contributed by atoms with Crippen LogP contribution in [0.2, 0.25) is 0 Å². The predicted octanol–water partition coefficient (Wildman–Crippen LogP) is 3.44. The van der Waals surface area contributed by atoms with Crippen LogP contribution in [-0.2, 0) is 25.9 Å². The summed E-state index contributed by atoms with van der Waals surface area (Å²) in [6, 6.07) is 10.7. The molecule has 6 rings (SSSR count). The average Bonchev–Trinajstić information content (AvgIpc) is 3.54. The first-order chi connectivity index (χ1) is 16.7. The number of hydrogen-bond acceptors (Lipinski definition) is 7. The van der Waals surface area contributed by atoms with Crippen LogP contribution in [0.3, 0.4) is 0 Å². The van der Waals surface area contributed by atoms with Gasteiger partial charge in [0.05, 0.1) is 18.3 Å². The second-order valence-electron chi connectivity index (χ2n) is 8.60. The van der Waals surface area contributed by atoms with Crippen LogP contribution in [0.25, 0.3) is 22.6 Å². The van der Waals surface area contributed by atoms with Gasteiger partial charge in [0.2, 0.25) is 0 Å². The van der Waals surface area contributed by atoms with Crippen molar-refractivity contribution < 1.29 is 0 Å². The zero-order valence-corrected chi connectivity index (χ0v) is 19.2. The Balaban J connectivity index is 1.28. The Morgan fingerprint density at radius 2 is 1.82 bits per heavy atom. The van der Waals surface area contributed by atoms with Crippen LogP contribution in [0.1, 0.15) is 29.6 Å². The average molecular weight is 452 g/mol. The van der Waals surface area contributed by atoms with E-state index in [1.54, 1.807) is 6.33 Å². The van der Waals surface area contributed by atoms with Crippen LogP contribution in [0.15, 0.2) is 55.2 Å². The third-order valence-corrected chi connectivity index (χ3v) is 6.34. The molecule has 9 nitrogen and oxygen atoms in total. The molecule has 0 aliphatic heterocycles. The third kappa shape index (κ3) is 3.59. The number of anilines is 1. The Morgan fingerprint density at radius 3 is 2.62 bits per heavy atom. The van der Waals surface area contributed by atoms with Crippen molar-refractivity contribution in [2.75, 3.05) is 5.32 Å². The second kappa shape index (κ2) is 8.33. The lowest BCUT2D eigenvalue weighted by Gasteiger charge is -2.14. The van der Waals surface area contributed by atoms with E-state index in [-0.39, 0.29) is 6.04 Å². The Hall–Kier alpha value is -4.14. The molecule has 4 aromatic heterocycles. The molecule has 1 aromatic carbocycles. The lowest BCUT2D eigenvalue weighted by molar-refractivity contribution is 0.630. The molecule has 0 radical (unpaired) electrons. The molecular weight excluding hydrogens is 426 g/mol. The van der Waals surface area contributed by atoms with Gasteiger partial charge in [0.25, 0.3) is 0 Å². The smallest absolute Gasteiger partial charge is 0.165 e. The van der Waals surface area contributed by atoms with E-state index in [4.69, 9.17) is 4.98 Å². The first-order valence-electron chi connectivity index (χ1n) is 11.5. The fourth-order valence-electron chi connectivity index (χ4n) is 4.69. The normalized spacial score (nSPS) is 15.1. The molecule has 1 unspecified atom stereocenters. The van der Waals surface area contributed by atoms with Crippen molar-refractivity contribution in [3.63, 3.8) is 0 Å². The van der Waals surface area contributed by atoms with Crippen molar-refractivity contribution in [1.29, 1.82) is 0 Å². The summed E-state index contributed by atoms with van der Waals surface area (Å²) in [6.07, 6.45) is 9.01. The van der Waals surface area contributed by atoms with Gasteiger partial charge in [0, 0.05) is 37.1 Å². The summed E-state index contributed by atoms with van der Waals surface area (Å²) in [5.41, 5.74) is 6.26. The largest absolute Gasteiger partial charge is 0.365 e. The molecule has 1 atom stereocenters. The van der Waals surface area contributed by atoms with Crippen LogP contribution < -0.4 is 5.32 Å². The summed E-state index contributed by atoms with van der Waals surface area (Å²) in [7, 11) is 0. The minimum atomic E-state index is 0.228. The molecule has 34 heavy (non-hydrogen) atoms. The van der Waals surface area contributed by atoms with Gasteiger partial charge in [-0.15, -0.1) is 0 Å². The van der Waals surface area contributed by atoms with E-state index in [1.165, 1.54) is 16.8 Å². The summed E-state index contributed by atoms with van der Waals surface area (Å²) < 4.78 is 4.20. The Bertz CT molecular complexity index is 1450. The number of rotatable bonds is 6. The Labute approximate surface area is 197 Å². The maximum absolute atomic E-state index is 4.91. The molecular formula is C25H25N9. The van der Waals surface area contributed by atoms with Crippen molar-refractivity contribution in [3.8, 4) is 11.4 Å². The van der Waals surface area contributed by atoms with Gasteiger partial charge in [0.15, 0.2) is 17.0 Å². The summed E-state index contributed by atoms with van der Waals surface area (Å²) in [5.74, 6) is 2.29. The molecule has 0 fully saturated rings. The van der Waals surface area contributed by atoms with Crippen LogP contribution >= 0.6 is 0 Å². The number of imidazole rings is 1. The fraction of sp³-hybridized carbons (Fsp3) is 0.280. The Kier molecular flexibility index (Phi) is 5.01. The van der Waals surface area contributed by atoms with Gasteiger partial charge in [-0.1, -0.05) is 30.3 Å². The van der Waals surface area contributed by atoms with E-state index < -0.39 is 0 Å². The topological polar surface area (TPSA) is 99.2 Å². The maximum Gasteiger partial charge on any atom is 0.165 e. The highest BCUT2D eigenvalue weighted by molar-refractivity contribution is 5.86. The van der Waals surface area contributed by atoms with E-state index in [0.717, 1.165) is 60.1 Å². The number of aromatic nitrogens is 8. The highest BCUT2D eigenvalue weighted by atomic mass is 15.3. The van der Waals surface area contributed by atoms with Crippen molar-refractivity contribution in [2.45, 2.75) is 45.8 Å². The molecule has 5 aromatic rings. The number of nitrogens with zero attached hydrogens (tertiary/aromatic N) is 8. The number of nitrogens with one attached hydrogen (secondary N) is 1. The number of fused-ring (bicyclic) bond motifs is 2. The fourth-order valence-corrected chi connectivity index (χ4v) is 4.69. The minimum absolute atomic E-state index is 0.228. The van der Waals surface area contributed by atoms with Crippen molar-refractivity contribution in [3.05, 3.63) is 77.9 Å². The number of benzene rings is 1. The number of hydrogen-bond donors (Lipinski definition) is 1. The highest BCUT2D eigenvalue weighted by Crippen LogP contribution is 2.29. The summed E-state index contributed by atoms with van der Waals surface area (Å²) >= 11 is 0. The minimum Gasteiger partial charge on any atom is -0.365 e. The maximum atomic E-state index is 4.91. The SMILES string of the molecule is CCn1c(-c2cnc(C)nc2)nc2c(NC3Cc4cnn(Cc5ccccc5)c4C3)ncnc21. The molecule has 0 saturated carbocycles. The lowest BCUT2D eigenvalue weighted by Crippen LogP contribution is -2.22. The van der Waals surface area contributed by atoms with Crippen molar-refractivity contribution >= 4 is 17.0 Å². The lowest BCUT2D eigenvalue weighted by atomic mass is 10.2. The van der Waals surface area contributed by atoms with Gasteiger partial charge in [0.1, 0.15) is 18.0 Å². The van der Waals surface area contributed by atoms with E-state index in [0.29, 0.717) is 0 Å². The molecule has 1 aliphatic carbocycles. The van der Waals surface area contributed by atoms with Crippen LogP contribution in [0.5, 0.6) is 0 Å². The summed E-state index contributed by atoms with van der Waals surface area (Å²) in [6.45, 7) is 5.48. The predicted molar refractivity (Wildman–Crippen MR) is 129 cm³/mol. The van der Waals surface area contributed by atoms with Crippen molar-refractivity contribution in [1.82, 2.24) is 39.3 Å². The third-order valence-electron chi connectivity index (χ3n) is 6.34. The second-order valence-corrected chi connectivity index (χ2v) is 8.60. The van der Waals surface area contributed by atoms with Crippen LogP contribution in [0, 0.1) is 6.92 Å². The van der Waals surface area contributed by atoms with Crippen LogP contribution in [-0.4, -0.2) is 45.3 Å². The molecule has 0 spiro atoms. The quantitative estimate of drug-likeness (QED) is 0.422.